The first-order valence-corrected chi connectivity index (χ1v) is 5.30. The number of anilines is 1. The van der Waals surface area contributed by atoms with Gasteiger partial charge >= 0.3 is 5.97 Å². The van der Waals surface area contributed by atoms with Crippen molar-refractivity contribution in [1.82, 2.24) is 4.98 Å². The molecular weight excluding hydrogens is 250 g/mol. The van der Waals surface area contributed by atoms with Crippen LogP contribution in [0.25, 0.3) is 10.6 Å². The number of hydrogen-bond donors (Lipinski definition) is 2. The number of carboxylic acid groups (broad SMARTS) is 1. The summed E-state index contributed by atoms with van der Waals surface area (Å²) in [5.41, 5.74) is 5.08. The molecule has 4 nitrogen and oxygen atoms in total. The molecule has 0 spiro atoms. The van der Waals surface area contributed by atoms with Gasteiger partial charge in [-0.3, -0.25) is 0 Å². The molecule has 1 aromatic carbocycles. The third kappa shape index (κ3) is 2.09. The van der Waals surface area contributed by atoms with E-state index in [9.17, 15) is 13.6 Å². The van der Waals surface area contributed by atoms with Gasteiger partial charge in [0.2, 0.25) is 0 Å². The fourth-order valence-corrected chi connectivity index (χ4v) is 2.06. The van der Waals surface area contributed by atoms with Gasteiger partial charge in [0.05, 0.1) is 5.56 Å². The van der Waals surface area contributed by atoms with E-state index in [2.05, 4.69) is 4.98 Å². The van der Waals surface area contributed by atoms with Gasteiger partial charge in [0.15, 0.2) is 17.3 Å². The van der Waals surface area contributed by atoms with Crippen LogP contribution in [0.1, 0.15) is 10.5 Å². The van der Waals surface area contributed by atoms with Crippen molar-refractivity contribution in [3.05, 3.63) is 34.8 Å². The van der Waals surface area contributed by atoms with E-state index in [1.54, 1.807) is 0 Å². The van der Waals surface area contributed by atoms with Crippen LogP contribution in [-0.2, 0) is 0 Å². The van der Waals surface area contributed by atoms with Crippen LogP contribution in [0.4, 0.5) is 14.5 Å². The summed E-state index contributed by atoms with van der Waals surface area (Å²) in [4.78, 5) is 14.3. The zero-order valence-corrected chi connectivity index (χ0v) is 9.09. The number of nitrogen functional groups attached to an aromatic ring is 1. The molecule has 0 radical (unpaired) electrons. The van der Waals surface area contributed by atoms with Crippen molar-refractivity contribution in [1.29, 1.82) is 0 Å². The second-order valence-electron chi connectivity index (χ2n) is 3.21. The van der Waals surface area contributed by atoms with E-state index in [4.69, 9.17) is 10.8 Å². The fraction of sp³-hybridized carbons (Fsp3) is 0. The molecule has 2 aromatic rings. The lowest BCUT2D eigenvalue weighted by molar-refractivity contribution is 0.0691. The highest BCUT2D eigenvalue weighted by atomic mass is 32.1. The number of halogens is 2. The highest BCUT2D eigenvalue weighted by Gasteiger charge is 2.16. The molecule has 1 aromatic heterocycles. The molecule has 2 rings (SSSR count). The highest BCUT2D eigenvalue weighted by molar-refractivity contribution is 7.13. The van der Waals surface area contributed by atoms with E-state index >= 15 is 0 Å². The summed E-state index contributed by atoms with van der Waals surface area (Å²) < 4.78 is 26.6. The molecule has 0 saturated carbocycles. The molecule has 0 bridgehead atoms. The second-order valence-corrected chi connectivity index (χ2v) is 4.07. The molecule has 0 unspecified atom stereocenters. The predicted molar refractivity (Wildman–Crippen MR) is 58.8 cm³/mol. The Morgan fingerprint density at radius 2 is 2.12 bits per heavy atom. The Bertz CT molecular complexity index is 598. The van der Waals surface area contributed by atoms with Gasteiger partial charge in [-0.2, -0.15) is 0 Å². The van der Waals surface area contributed by atoms with Gasteiger partial charge in [-0.05, 0) is 12.1 Å². The topological polar surface area (TPSA) is 76.2 Å². The molecule has 3 N–H and O–H groups in total. The molecule has 1 heterocycles. The van der Waals surface area contributed by atoms with Crippen LogP contribution in [0, 0.1) is 11.6 Å². The summed E-state index contributed by atoms with van der Waals surface area (Å²) in [6.07, 6.45) is 0. The van der Waals surface area contributed by atoms with E-state index in [1.165, 1.54) is 11.4 Å². The lowest BCUT2D eigenvalue weighted by Crippen LogP contribution is -1.97. The minimum Gasteiger partial charge on any atom is -0.476 e. The Balaban J connectivity index is 2.56. The number of thiazole rings is 1. The Morgan fingerprint density at radius 1 is 1.41 bits per heavy atom. The molecule has 7 heteroatoms. The van der Waals surface area contributed by atoms with Crippen molar-refractivity contribution in [2.24, 2.45) is 0 Å². The van der Waals surface area contributed by atoms with E-state index < -0.39 is 17.6 Å². The summed E-state index contributed by atoms with van der Waals surface area (Å²) in [5, 5.41) is 10.00. The van der Waals surface area contributed by atoms with Crippen molar-refractivity contribution in [3.8, 4) is 10.6 Å². The smallest absolute Gasteiger partial charge is 0.355 e. The molecule has 0 saturated heterocycles. The van der Waals surface area contributed by atoms with Crippen LogP contribution in [-0.4, -0.2) is 16.1 Å². The normalized spacial score (nSPS) is 10.5. The van der Waals surface area contributed by atoms with Crippen molar-refractivity contribution < 1.29 is 18.7 Å². The Morgan fingerprint density at radius 3 is 2.71 bits per heavy atom. The van der Waals surface area contributed by atoms with E-state index in [0.29, 0.717) is 0 Å². The number of nitrogens with zero attached hydrogens (tertiary/aromatic N) is 1. The summed E-state index contributed by atoms with van der Waals surface area (Å²) >= 11 is 0.908. The third-order valence-electron chi connectivity index (χ3n) is 2.00. The molecule has 0 aliphatic carbocycles. The number of carbonyl (C=O) groups is 1. The summed E-state index contributed by atoms with van der Waals surface area (Å²) in [6, 6.07) is 2.06. The Hall–Kier alpha value is -2.02. The summed E-state index contributed by atoms with van der Waals surface area (Å²) in [7, 11) is 0. The SMILES string of the molecule is Nc1cc(F)c(F)c(-c2nc(C(=O)O)cs2)c1. The number of carboxylic acids is 1. The second kappa shape index (κ2) is 4.10. The van der Waals surface area contributed by atoms with E-state index in [0.717, 1.165) is 17.4 Å². The van der Waals surface area contributed by atoms with Gasteiger partial charge in [0, 0.05) is 11.1 Å². The Labute approximate surface area is 98.3 Å². The van der Waals surface area contributed by atoms with E-state index in [1.807, 2.05) is 0 Å². The molecule has 0 aliphatic rings. The predicted octanol–water partition coefficient (Wildman–Crippen LogP) is 2.37. The molecule has 0 fully saturated rings. The molecular formula is C10H6F2N2O2S. The van der Waals surface area contributed by atoms with E-state index in [-0.39, 0.29) is 22.0 Å². The lowest BCUT2D eigenvalue weighted by Gasteiger charge is -2.02. The van der Waals surface area contributed by atoms with Gasteiger partial charge < -0.3 is 10.8 Å². The first kappa shape index (κ1) is 11.5. The highest BCUT2D eigenvalue weighted by Crippen LogP contribution is 2.29. The van der Waals surface area contributed by atoms with Crippen molar-refractivity contribution in [3.63, 3.8) is 0 Å². The van der Waals surface area contributed by atoms with Crippen molar-refractivity contribution >= 4 is 23.0 Å². The largest absolute Gasteiger partial charge is 0.476 e. The van der Waals surface area contributed by atoms with Gasteiger partial charge in [0.1, 0.15) is 5.01 Å². The van der Waals surface area contributed by atoms with Crippen LogP contribution >= 0.6 is 11.3 Å². The van der Waals surface area contributed by atoms with Gasteiger partial charge in [-0.1, -0.05) is 0 Å². The van der Waals surface area contributed by atoms with Crippen molar-refractivity contribution in [2.45, 2.75) is 0 Å². The maximum Gasteiger partial charge on any atom is 0.355 e. The van der Waals surface area contributed by atoms with Crippen LogP contribution in [0.5, 0.6) is 0 Å². The summed E-state index contributed by atoms with van der Waals surface area (Å²) in [5.74, 6) is -3.41. The first-order valence-electron chi connectivity index (χ1n) is 4.42. The fourth-order valence-electron chi connectivity index (χ4n) is 1.26. The number of nitrogens with two attached hydrogens (primary N) is 1. The maximum absolute atomic E-state index is 13.5. The van der Waals surface area contributed by atoms with Gasteiger partial charge in [-0.15, -0.1) is 11.3 Å². The van der Waals surface area contributed by atoms with Crippen LogP contribution < -0.4 is 5.73 Å². The number of aromatic nitrogens is 1. The zero-order valence-electron chi connectivity index (χ0n) is 8.28. The average Bonchev–Trinajstić information content (AvgIpc) is 2.72. The number of rotatable bonds is 2. The zero-order chi connectivity index (χ0) is 12.6. The third-order valence-corrected chi connectivity index (χ3v) is 2.88. The van der Waals surface area contributed by atoms with Crippen LogP contribution in [0.15, 0.2) is 17.5 Å². The number of hydrogen-bond acceptors (Lipinski definition) is 4. The van der Waals surface area contributed by atoms with Crippen LogP contribution in [0.2, 0.25) is 0 Å². The van der Waals surface area contributed by atoms with Crippen LogP contribution in [0.3, 0.4) is 0 Å². The monoisotopic (exact) mass is 256 g/mol. The summed E-state index contributed by atoms with van der Waals surface area (Å²) in [6.45, 7) is 0. The minimum absolute atomic E-state index is 0.0472. The Kier molecular flexibility index (Phi) is 2.76. The molecule has 88 valence electrons. The number of benzene rings is 1. The lowest BCUT2D eigenvalue weighted by atomic mass is 10.2. The maximum atomic E-state index is 13.5. The number of aromatic carboxylic acids is 1. The minimum atomic E-state index is -1.22. The standard InChI is InChI=1S/C10H6F2N2O2S/c11-6-2-4(13)1-5(8(6)12)9-14-7(3-17-9)10(15)16/h1-3H,13H2,(H,15,16). The van der Waals surface area contributed by atoms with Crippen molar-refractivity contribution in [2.75, 3.05) is 5.73 Å². The quantitative estimate of drug-likeness (QED) is 0.809. The average molecular weight is 256 g/mol. The van der Waals surface area contributed by atoms with Gasteiger partial charge in [-0.25, -0.2) is 18.6 Å². The molecule has 0 aliphatic heterocycles. The van der Waals surface area contributed by atoms with Gasteiger partial charge in [0.25, 0.3) is 0 Å². The molecule has 17 heavy (non-hydrogen) atoms. The first-order chi connectivity index (χ1) is 7.99. The molecule has 0 atom stereocenters. The molecule has 0 amide bonds.